The van der Waals surface area contributed by atoms with Crippen molar-refractivity contribution in [3.05, 3.63) is 0 Å². The van der Waals surface area contributed by atoms with Crippen LogP contribution in [-0.4, -0.2) is 124 Å². The van der Waals surface area contributed by atoms with Gasteiger partial charge in [-0.3, -0.25) is 28.8 Å². The van der Waals surface area contributed by atoms with Crippen LogP contribution in [0.4, 0.5) is 0 Å². The summed E-state index contributed by atoms with van der Waals surface area (Å²) < 4.78 is 62.5. The Morgan fingerprint density at radius 1 is 0.698 bits per heavy atom. The van der Waals surface area contributed by atoms with Crippen molar-refractivity contribution in [2.75, 3.05) is 26.9 Å². The zero-order valence-corrected chi connectivity index (χ0v) is 24.8. The standard InChI is InChI=1S/C26H36O17/c1-11(27)34-9-18-26(43-16(6)32)10-36-25(22(39-14(4)30)23(26)40-15(5)31)42-19-17(8-35-18)41-24(33-7)21(38-13(3)29)20(19)37-12(2)28/h17-25H,8-10H2,1-7H3/t17-,18-,19?,20+,21-,22+,23+,24-,25-,26-/m1/s1. The predicted molar refractivity (Wildman–Crippen MR) is 133 cm³/mol. The zero-order chi connectivity index (χ0) is 32.1. The second-order valence-corrected chi connectivity index (χ2v) is 9.98. The van der Waals surface area contributed by atoms with Gasteiger partial charge in [-0.15, -0.1) is 0 Å². The predicted octanol–water partition coefficient (Wildman–Crippen LogP) is -0.910. The number of methoxy groups -OCH3 is 1. The average molecular weight is 621 g/mol. The monoisotopic (exact) mass is 620 g/mol. The van der Waals surface area contributed by atoms with Crippen LogP contribution in [0.15, 0.2) is 0 Å². The fourth-order valence-corrected chi connectivity index (χ4v) is 5.18. The maximum atomic E-state index is 12.4. The molecular formula is C26H36O17. The molecule has 0 saturated carbocycles. The third-order valence-corrected chi connectivity index (χ3v) is 6.61. The summed E-state index contributed by atoms with van der Waals surface area (Å²) in [6, 6.07) is 0. The molecule has 17 heteroatoms. The van der Waals surface area contributed by atoms with E-state index in [1.54, 1.807) is 0 Å². The fraction of sp³-hybridized carbons (Fsp3) is 0.769. The molecule has 1 unspecified atom stereocenters. The molecule has 0 aromatic carbocycles. The highest BCUT2D eigenvalue weighted by Crippen LogP contribution is 2.41. The van der Waals surface area contributed by atoms with Crippen molar-refractivity contribution in [3.63, 3.8) is 0 Å². The lowest BCUT2D eigenvalue weighted by Crippen LogP contribution is -2.73. The number of hydrogen-bond acceptors (Lipinski definition) is 17. The molecule has 4 aliphatic heterocycles. The molecule has 4 heterocycles. The SMILES string of the molecule is CO[C@@H]1O[C@@H]2CO[C@H](COC(C)=O)[C@]3(OC(C)=O)CO[C@H](OC2[C@H](OC(C)=O)[C@H]1OC(C)=O)[C@@H](OC(C)=O)[C@@H]3OC(C)=O. The molecule has 4 saturated heterocycles. The molecule has 0 amide bonds. The lowest BCUT2D eigenvalue weighted by atomic mass is 9.83. The second kappa shape index (κ2) is 14.4. The van der Waals surface area contributed by atoms with Gasteiger partial charge >= 0.3 is 35.8 Å². The van der Waals surface area contributed by atoms with Gasteiger partial charge in [-0.2, -0.15) is 0 Å². The van der Waals surface area contributed by atoms with E-state index in [2.05, 4.69) is 0 Å². The molecule has 4 rings (SSSR count). The first-order chi connectivity index (χ1) is 20.2. The number of ether oxygens (including phenoxy) is 11. The van der Waals surface area contributed by atoms with Gasteiger partial charge in [0, 0.05) is 48.7 Å². The highest BCUT2D eigenvalue weighted by molar-refractivity contribution is 5.69. The maximum Gasteiger partial charge on any atom is 0.303 e. The van der Waals surface area contributed by atoms with Gasteiger partial charge in [-0.05, 0) is 0 Å². The van der Waals surface area contributed by atoms with Crippen LogP contribution >= 0.6 is 0 Å². The summed E-state index contributed by atoms with van der Waals surface area (Å²) in [6.07, 6.45) is -12.7. The van der Waals surface area contributed by atoms with E-state index in [1.165, 1.54) is 7.11 Å². The van der Waals surface area contributed by atoms with E-state index in [0.717, 1.165) is 41.5 Å². The van der Waals surface area contributed by atoms with Crippen LogP contribution in [-0.2, 0) is 80.9 Å². The normalized spacial score (nSPS) is 35.4. The van der Waals surface area contributed by atoms with Crippen molar-refractivity contribution in [3.8, 4) is 0 Å². The van der Waals surface area contributed by atoms with Crippen LogP contribution in [0.5, 0.6) is 0 Å². The van der Waals surface area contributed by atoms with Gasteiger partial charge in [-0.25, -0.2) is 0 Å². The van der Waals surface area contributed by atoms with Gasteiger partial charge in [-0.1, -0.05) is 0 Å². The Balaban J connectivity index is 2.21. The maximum absolute atomic E-state index is 12.4. The molecule has 4 aliphatic rings. The highest BCUT2D eigenvalue weighted by Gasteiger charge is 2.64. The van der Waals surface area contributed by atoms with Crippen molar-refractivity contribution in [1.82, 2.24) is 0 Å². The van der Waals surface area contributed by atoms with Crippen molar-refractivity contribution in [2.45, 2.75) is 102 Å². The Morgan fingerprint density at radius 3 is 1.81 bits per heavy atom. The highest BCUT2D eigenvalue weighted by atomic mass is 16.8. The molecule has 0 radical (unpaired) electrons. The summed E-state index contributed by atoms with van der Waals surface area (Å²) in [7, 11) is 1.26. The van der Waals surface area contributed by atoms with Gasteiger partial charge in [0.2, 0.25) is 5.60 Å². The third kappa shape index (κ3) is 8.17. The number of hydrogen-bond donors (Lipinski definition) is 0. The first kappa shape index (κ1) is 34.1. The van der Waals surface area contributed by atoms with Gasteiger partial charge in [0.05, 0.1) is 13.2 Å². The lowest BCUT2D eigenvalue weighted by molar-refractivity contribution is -0.377. The van der Waals surface area contributed by atoms with Crippen LogP contribution in [0.1, 0.15) is 41.5 Å². The van der Waals surface area contributed by atoms with Crippen LogP contribution in [0.25, 0.3) is 0 Å². The largest absolute Gasteiger partial charge is 0.463 e. The minimum atomic E-state index is -2.04. The molecule has 242 valence electrons. The van der Waals surface area contributed by atoms with E-state index in [1.807, 2.05) is 0 Å². The minimum absolute atomic E-state index is 0.401. The van der Waals surface area contributed by atoms with E-state index < -0.39 is 117 Å². The van der Waals surface area contributed by atoms with E-state index in [4.69, 9.17) is 52.1 Å². The molecular weight excluding hydrogens is 584 g/mol. The molecule has 10 atom stereocenters. The number of carbonyl (C=O) groups excluding carboxylic acids is 6. The summed E-state index contributed by atoms with van der Waals surface area (Å²) in [5, 5.41) is 0. The Bertz CT molecular complexity index is 1080. The molecule has 4 fully saturated rings. The van der Waals surface area contributed by atoms with Gasteiger partial charge in [0.15, 0.2) is 37.0 Å². The molecule has 17 nitrogen and oxygen atoms in total. The molecule has 0 spiro atoms. The fourth-order valence-electron chi connectivity index (χ4n) is 5.18. The Morgan fingerprint density at radius 2 is 1.28 bits per heavy atom. The molecule has 0 aliphatic carbocycles. The van der Waals surface area contributed by atoms with Crippen molar-refractivity contribution in [2.24, 2.45) is 0 Å². The van der Waals surface area contributed by atoms with Crippen LogP contribution < -0.4 is 0 Å². The average Bonchev–Trinajstić information content (AvgIpc) is 2.88. The van der Waals surface area contributed by atoms with Crippen LogP contribution in [0.3, 0.4) is 0 Å². The number of esters is 6. The lowest BCUT2D eigenvalue weighted by Gasteiger charge is -2.53. The number of carbonyl (C=O) groups is 6. The molecule has 0 aromatic rings. The minimum Gasteiger partial charge on any atom is -0.463 e. The van der Waals surface area contributed by atoms with Crippen molar-refractivity contribution < 1.29 is 80.9 Å². The van der Waals surface area contributed by atoms with Gasteiger partial charge in [0.25, 0.3) is 0 Å². The van der Waals surface area contributed by atoms with Crippen LogP contribution in [0, 0.1) is 0 Å². The molecule has 2 bridgehead atoms. The number of fused-ring (bicyclic) bond motifs is 4. The summed E-state index contributed by atoms with van der Waals surface area (Å²) in [5.41, 5.74) is -2.04. The Labute approximate surface area is 246 Å². The third-order valence-electron chi connectivity index (χ3n) is 6.61. The first-order valence-electron chi connectivity index (χ1n) is 13.3. The smallest absolute Gasteiger partial charge is 0.303 e. The molecule has 0 N–H and O–H groups in total. The van der Waals surface area contributed by atoms with E-state index in [-0.39, 0.29) is 0 Å². The summed E-state index contributed by atoms with van der Waals surface area (Å²) in [6.45, 7) is 5.07. The summed E-state index contributed by atoms with van der Waals surface area (Å²) in [5.74, 6) is -4.84. The number of rotatable bonds is 8. The summed E-state index contributed by atoms with van der Waals surface area (Å²) >= 11 is 0. The molecule has 43 heavy (non-hydrogen) atoms. The first-order valence-corrected chi connectivity index (χ1v) is 13.3. The zero-order valence-electron chi connectivity index (χ0n) is 24.8. The van der Waals surface area contributed by atoms with Crippen molar-refractivity contribution >= 4 is 35.8 Å². The van der Waals surface area contributed by atoms with E-state index in [9.17, 15) is 28.8 Å². The van der Waals surface area contributed by atoms with Crippen molar-refractivity contribution in [1.29, 1.82) is 0 Å². The summed E-state index contributed by atoms with van der Waals surface area (Å²) in [4.78, 5) is 73.0. The van der Waals surface area contributed by atoms with Crippen LogP contribution in [0.2, 0.25) is 0 Å². The van der Waals surface area contributed by atoms with E-state index >= 15 is 0 Å². The van der Waals surface area contributed by atoms with E-state index in [0.29, 0.717) is 0 Å². The second-order valence-electron chi connectivity index (χ2n) is 9.98. The quantitative estimate of drug-likeness (QED) is 0.238. The topological polar surface area (TPSA) is 204 Å². The molecule has 0 aromatic heterocycles. The Kier molecular flexibility index (Phi) is 11.4. The Hall–Kier alpha value is -3.38. The van der Waals surface area contributed by atoms with Gasteiger partial charge < -0.3 is 52.1 Å². The van der Waals surface area contributed by atoms with Gasteiger partial charge in [0.1, 0.15) is 24.9 Å².